The Morgan fingerprint density at radius 3 is 2.39 bits per heavy atom. The van der Waals surface area contributed by atoms with E-state index in [0.29, 0.717) is 57.3 Å². The summed E-state index contributed by atoms with van der Waals surface area (Å²) in [5.74, 6) is 1.62. The van der Waals surface area contributed by atoms with Crippen LogP contribution in [0.4, 0.5) is 10.7 Å². The van der Waals surface area contributed by atoms with E-state index in [1.165, 1.54) is 4.90 Å². The number of piperidine rings is 1. The standard InChI is InChI=1S/C28H37N5O5/c1-20(2)18-32-24(35)28(33(26(32)36)15-11-21-6-8-22(37-5)9-7-21)12-16-31(17-13-28)25-29-14-10-23(30-25)38-27(3,4)19-34/h6-10,14,19-20H,11-13,15-18H2,1-5H3. The zero-order valence-corrected chi connectivity index (χ0v) is 22.8. The van der Waals surface area contributed by atoms with Crippen molar-refractivity contribution in [3.63, 3.8) is 0 Å². The third-order valence-corrected chi connectivity index (χ3v) is 7.09. The number of hydrogen-bond donors (Lipinski definition) is 0. The lowest BCUT2D eigenvalue weighted by Crippen LogP contribution is -2.57. The van der Waals surface area contributed by atoms with Crippen LogP contribution in [0, 0.1) is 5.92 Å². The molecule has 2 saturated heterocycles. The van der Waals surface area contributed by atoms with Crippen LogP contribution in [0.3, 0.4) is 0 Å². The number of methoxy groups -OCH3 is 1. The SMILES string of the molecule is COc1ccc(CCN2C(=O)N(CC(C)C)C(=O)C23CCN(c2nccc(OC(C)(C)C=O)n2)CC3)cc1. The Balaban J connectivity index is 1.52. The lowest BCUT2D eigenvalue weighted by molar-refractivity contribution is -0.134. The van der Waals surface area contributed by atoms with Crippen LogP contribution in [0.5, 0.6) is 11.6 Å². The number of aromatic nitrogens is 2. The first-order chi connectivity index (χ1) is 18.1. The van der Waals surface area contributed by atoms with Gasteiger partial charge < -0.3 is 19.3 Å². The van der Waals surface area contributed by atoms with Gasteiger partial charge in [0, 0.05) is 38.4 Å². The minimum absolute atomic E-state index is 0.115. The molecule has 4 rings (SSSR count). The Morgan fingerprint density at radius 1 is 1.11 bits per heavy atom. The Labute approximate surface area is 223 Å². The molecule has 0 bridgehead atoms. The molecule has 1 spiro atoms. The molecule has 3 amide bonds. The van der Waals surface area contributed by atoms with Gasteiger partial charge in [-0.05, 0) is 56.7 Å². The molecule has 0 N–H and O–H groups in total. The molecular weight excluding hydrogens is 486 g/mol. The van der Waals surface area contributed by atoms with E-state index in [1.807, 2.05) is 43.0 Å². The fourth-order valence-electron chi connectivity index (χ4n) is 5.05. The van der Waals surface area contributed by atoms with Gasteiger partial charge in [0.2, 0.25) is 11.8 Å². The Hall–Kier alpha value is -3.69. The molecule has 2 aromatic rings. The maximum atomic E-state index is 13.8. The fraction of sp³-hybridized carbons (Fsp3) is 0.536. The van der Waals surface area contributed by atoms with Crippen LogP contribution in [0.2, 0.25) is 0 Å². The lowest BCUT2D eigenvalue weighted by atomic mass is 9.85. The maximum Gasteiger partial charge on any atom is 0.327 e. The fourth-order valence-corrected chi connectivity index (χ4v) is 5.05. The summed E-state index contributed by atoms with van der Waals surface area (Å²) in [6, 6.07) is 9.18. The summed E-state index contributed by atoms with van der Waals surface area (Å²) in [6.45, 7) is 9.21. The van der Waals surface area contributed by atoms with E-state index in [2.05, 4.69) is 9.97 Å². The van der Waals surface area contributed by atoms with Crippen molar-refractivity contribution in [1.29, 1.82) is 0 Å². The Bertz CT molecular complexity index is 1160. The van der Waals surface area contributed by atoms with Gasteiger partial charge in [0.05, 0.1) is 7.11 Å². The number of imide groups is 1. The molecule has 0 radical (unpaired) electrons. The molecule has 1 aromatic heterocycles. The van der Waals surface area contributed by atoms with Gasteiger partial charge in [-0.1, -0.05) is 26.0 Å². The van der Waals surface area contributed by atoms with Crippen LogP contribution in [0.15, 0.2) is 36.5 Å². The largest absolute Gasteiger partial charge is 0.497 e. The van der Waals surface area contributed by atoms with E-state index in [4.69, 9.17) is 9.47 Å². The van der Waals surface area contributed by atoms with Crippen molar-refractivity contribution < 1.29 is 23.9 Å². The van der Waals surface area contributed by atoms with Crippen molar-refractivity contribution >= 4 is 24.2 Å². The summed E-state index contributed by atoms with van der Waals surface area (Å²) in [5, 5.41) is 0. The summed E-state index contributed by atoms with van der Waals surface area (Å²) < 4.78 is 10.9. The van der Waals surface area contributed by atoms with Crippen LogP contribution < -0.4 is 14.4 Å². The van der Waals surface area contributed by atoms with Gasteiger partial charge >= 0.3 is 6.03 Å². The number of urea groups is 1. The normalized spacial score (nSPS) is 17.5. The molecule has 0 atom stereocenters. The van der Waals surface area contributed by atoms with Crippen molar-refractivity contribution in [3.8, 4) is 11.6 Å². The van der Waals surface area contributed by atoms with E-state index in [9.17, 15) is 14.4 Å². The quantitative estimate of drug-likeness (QED) is 0.345. The first-order valence-electron chi connectivity index (χ1n) is 13.1. The molecular formula is C28H37N5O5. The smallest absolute Gasteiger partial charge is 0.327 e. The number of anilines is 1. The highest BCUT2D eigenvalue weighted by molar-refractivity contribution is 6.07. The zero-order chi connectivity index (χ0) is 27.5. The van der Waals surface area contributed by atoms with Gasteiger partial charge in [-0.25, -0.2) is 9.78 Å². The highest BCUT2D eigenvalue weighted by Crippen LogP contribution is 2.38. The van der Waals surface area contributed by atoms with Crippen LogP contribution >= 0.6 is 0 Å². The van der Waals surface area contributed by atoms with Crippen LogP contribution in [-0.2, 0) is 16.0 Å². The minimum atomic E-state index is -1.00. The molecule has 1 aromatic carbocycles. The van der Waals surface area contributed by atoms with Gasteiger partial charge in [0.1, 0.15) is 11.3 Å². The monoisotopic (exact) mass is 523 g/mol. The lowest BCUT2D eigenvalue weighted by Gasteiger charge is -2.42. The van der Waals surface area contributed by atoms with E-state index < -0.39 is 11.1 Å². The van der Waals surface area contributed by atoms with E-state index in [0.717, 1.165) is 17.6 Å². The predicted octanol–water partition coefficient (Wildman–Crippen LogP) is 3.34. The summed E-state index contributed by atoms with van der Waals surface area (Å²) >= 11 is 0. The Morgan fingerprint density at radius 2 is 1.79 bits per heavy atom. The van der Waals surface area contributed by atoms with Gasteiger partial charge in [-0.3, -0.25) is 14.5 Å². The summed E-state index contributed by atoms with van der Waals surface area (Å²) in [4.78, 5) is 52.7. The van der Waals surface area contributed by atoms with Gasteiger partial charge in [-0.2, -0.15) is 4.98 Å². The highest BCUT2D eigenvalue weighted by Gasteiger charge is 2.57. The molecule has 0 saturated carbocycles. The topological polar surface area (TPSA) is 105 Å². The van der Waals surface area contributed by atoms with Crippen LogP contribution in [0.25, 0.3) is 0 Å². The van der Waals surface area contributed by atoms with Crippen molar-refractivity contribution in [2.75, 3.05) is 38.2 Å². The second kappa shape index (κ2) is 11.0. The number of carbonyl (C=O) groups excluding carboxylic acids is 3. The van der Waals surface area contributed by atoms with Crippen LogP contribution in [-0.4, -0.2) is 82.4 Å². The third-order valence-electron chi connectivity index (χ3n) is 7.09. The van der Waals surface area contributed by atoms with Crippen molar-refractivity contribution in [3.05, 3.63) is 42.1 Å². The number of carbonyl (C=O) groups is 3. The van der Waals surface area contributed by atoms with E-state index in [1.54, 1.807) is 38.1 Å². The molecule has 0 aliphatic carbocycles. The van der Waals surface area contributed by atoms with Crippen LogP contribution in [0.1, 0.15) is 46.1 Å². The molecule has 204 valence electrons. The summed E-state index contributed by atoms with van der Waals surface area (Å²) in [6.07, 6.45) is 3.91. The second-order valence-electron chi connectivity index (χ2n) is 10.9. The maximum absolute atomic E-state index is 13.8. The molecule has 38 heavy (non-hydrogen) atoms. The van der Waals surface area contributed by atoms with Gasteiger partial charge in [0.15, 0.2) is 11.9 Å². The molecule has 3 heterocycles. The zero-order valence-electron chi connectivity index (χ0n) is 22.8. The molecule has 10 heteroatoms. The number of ether oxygens (including phenoxy) is 2. The molecule has 2 fully saturated rings. The van der Waals surface area contributed by atoms with Crippen molar-refractivity contribution in [2.45, 2.75) is 58.1 Å². The van der Waals surface area contributed by atoms with Gasteiger partial charge in [-0.15, -0.1) is 0 Å². The third kappa shape index (κ3) is 5.58. The average molecular weight is 524 g/mol. The highest BCUT2D eigenvalue weighted by atomic mass is 16.5. The first kappa shape index (κ1) is 27.3. The number of amides is 3. The predicted molar refractivity (Wildman–Crippen MR) is 142 cm³/mol. The average Bonchev–Trinajstić information content (AvgIpc) is 3.08. The van der Waals surface area contributed by atoms with Gasteiger partial charge in [0.25, 0.3) is 5.91 Å². The number of nitrogens with zero attached hydrogens (tertiary/aromatic N) is 5. The number of hydrogen-bond acceptors (Lipinski definition) is 8. The van der Waals surface area contributed by atoms with Crippen molar-refractivity contribution in [1.82, 2.24) is 19.8 Å². The minimum Gasteiger partial charge on any atom is -0.497 e. The summed E-state index contributed by atoms with van der Waals surface area (Å²) in [7, 11) is 1.63. The van der Waals surface area contributed by atoms with E-state index in [-0.39, 0.29) is 17.9 Å². The second-order valence-corrected chi connectivity index (χ2v) is 10.9. The molecule has 0 unspecified atom stereocenters. The molecule has 2 aliphatic rings. The molecule has 2 aliphatic heterocycles. The Kier molecular flexibility index (Phi) is 7.89. The first-order valence-corrected chi connectivity index (χ1v) is 13.1. The molecule has 10 nitrogen and oxygen atoms in total. The number of benzene rings is 1. The number of aldehydes is 1. The summed E-state index contributed by atoms with van der Waals surface area (Å²) in [5.41, 5.74) is -0.814. The number of rotatable bonds is 10. The van der Waals surface area contributed by atoms with E-state index >= 15 is 0 Å². The van der Waals surface area contributed by atoms with Crippen molar-refractivity contribution in [2.24, 2.45) is 5.92 Å².